The summed E-state index contributed by atoms with van der Waals surface area (Å²) in [5.74, 6) is 1.50. The highest BCUT2D eigenvalue weighted by atomic mass is 127. The fraction of sp³-hybridized carbons (Fsp3) is 0.722. The van der Waals surface area contributed by atoms with Crippen LogP contribution >= 0.6 is 35.3 Å². The van der Waals surface area contributed by atoms with Crippen LogP contribution in [0.25, 0.3) is 0 Å². The lowest BCUT2D eigenvalue weighted by Gasteiger charge is -2.26. The standard InChI is InChI=1S/C18H31N5OS.HI/c1-14-21-16(13-25-14)12-23(4)18(20-11-17(24)22(2)3)19-10-15-8-6-5-7-9-15;/h13,15H,5-12H2,1-4H3,(H,19,20);1H. The molecule has 0 radical (unpaired) electrons. The highest BCUT2D eigenvalue weighted by Crippen LogP contribution is 2.22. The number of aryl methyl sites for hydroxylation is 1. The third kappa shape index (κ3) is 7.77. The van der Waals surface area contributed by atoms with Crippen LogP contribution in [0, 0.1) is 12.8 Å². The third-order valence-electron chi connectivity index (χ3n) is 4.56. The molecule has 0 atom stereocenters. The molecule has 2 rings (SSSR count). The molecular weight excluding hydrogens is 461 g/mol. The number of hydrogen-bond donors (Lipinski definition) is 1. The third-order valence-corrected chi connectivity index (χ3v) is 5.39. The minimum absolute atomic E-state index is 0. The molecule has 1 amide bonds. The van der Waals surface area contributed by atoms with Gasteiger partial charge in [-0.3, -0.25) is 4.79 Å². The van der Waals surface area contributed by atoms with Crippen molar-refractivity contribution >= 4 is 47.2 Å². The monoisotopic (exact) mass is 493 g/mol. The van der Waals surface area contributed by atoms with Gasteiger partial charge in [-0.05, 0) is 25.7 Å². The molecule has 0 bridgehead atoms. The van der Waals surface area contributed by atoms with Gasteiger partial charge in [0.15, 0.2) is 5.96 Å². The van der Waals surface area contributed by atoms with Crippen molar-refractivity contribution in [2.24, 2.45) is 10.9 Å². The number of hydrogen-bond acceptors (Lipinski definition) is 4. The minimum atomic E-state index is 0. The summed E-state index contributed by atoms with van der Waals surface area (Å²) >= 11 is 1.66. The van der Waals surface area contributed by atoms with Gasteiger partial charge < -0.3 is 15.1 Å². The molecule has 148 valence electrons. The summed E-state index contributed by atoms with van der Waals surface area (Å²) in [6.07, 6.45) is 6.58. The van der Waals surface area contributed by atoms with E-state index in [-0.39, 0.29) is 36.4 Å². The summed E-state index contributed by atoms with van der Waals surface area (Å²) in [6.45, 7) is 3.80. The lowest BCUT2D eigenvalue weighted by atomic mass is 9.89. The molecule has 1 N–H and O–H groups in total. The van der Waals surface area contributed by atoms with Crippen LogP contribution < -0.4 is 5.32 Å². The molecule has 0 saturated heterocycles. The number of amides is 1. The van der Waals surface area contributed by atoms with Crippen LogP contribution in [0.5, 0.6) is 0 Å². The van der Waals surface area contributed by atoms with Gasteiger partial charge in [0.05, 0.1) is 17.2 Å². The van der Waals surface area contributed by atoms with Crippen molar-refractivity contribution in [1.82, 2.24) is 20.1 Å². The van der Waals surface area contributed by atoms with Crippen molar-refractivity contribution in [2.75, 3.05) is 34.2 Å². The van der Waals surface area contributed by atoms with Crippen molar-refractivity contribution in [3.8, 4) is 0 Å². The van der Waals surface area contributed by atoms with E-state index < -0.39 is 0 Å². The summed E-state index contributed by atoms with van der Waals surface area (Å²) in [7, 11) is 5.52. The first-order chi connectivity index (χ1) is 12.0. The van der Waals surface area contributed by atoms with Gasteiger partial charge in [-0.1, -0.05) is 19.3 Å². The van der Waals surface area contributed by atoms with Gasteiger partial charge in [-0.25, -0.2) is 9.98 Å². The molecule has 1 aliphatic rings. The normalized spacial score (nSPS) is 15.3. The summed E-state index contributed by atoms with van der Waals surface area (Å²) in [6, 6.07) is 0. The fourth-order valence-electron chi connectivity index (χ4n) is 3.02. The molecule has 1 saturated carbocycles. The highest BCUT2D eigenvalue weighted by molar-refractivity contribution is 14.0. The van der Waals surface area contributed by atoms with Crippen LogP contribution in [0.2, 0.25) is 0 Å². The van der Waals surface area contributed by atoms with E-state index in [1.54, 1.807) is 30.3 Å². The molecule has 1 aliphatic carbocycles. The number of rotatable bonds is 6. The van der Waals surface area contributed by atoms with Gasteiger partial charge in [-0.2, -0.15) is 0 Å². The molecule has 0 aliphatic heterocycles. The molecule has 1 heterocycles. The molecule has 0 spiro atoms. The van der Waals surface area contributed by atoms with E-state index in [1.165, 1.54) is 32.1 Å². The quantitative estimate of drug-likeness (QED) is 0.376. The van der Waals surface area contributed by atoms with Gasteiger partial charge in [0.25, 0.3) is 0 Å². The van der Waals surface area contributed by atoms with Crippen molar-refractivity contribution in [1.29, 1.82) is 0 Å². The van der Waals surface area contributed by atoms with E-state index in [4.69, 9.17) is 0 Å². The molecule has 26 heavy (non-hydrogen) atoms. The minimum Gasteiger partial charge on any atom is -0.356 e. The summed E-state index contributed by atoms with van der Waals surface area (Å²) in [4.78, 5) is 24.6. The van der Waals surface area contributed by atoms with E-state index in [1.807, 2.05) is 14.0 Å². The Morgan fingerprint density at radius 3 is 2.58 bits per heavy atom. The Bertz CT molecular complexity index is 584. The van der Waals surface area contributed by atoms with Crippen molar-refractivity contribution in [3.63, 3.8) is 0 Å². The fourth-order valence-corrected chi connectivity index (χ4v) is 3.62. The number of carbonyl (C=O) groups excluding carboxylic acids is 1. The molecule has 1 aromatic rings. The number of nitrogens with one attached hydrogen (secondary N) is 1. The zero-order chi connectivity index (χ0) is 18.2. The molecular formula is C18H32IN5OS. The number of guanidine groups is 1. The van der Waals surface area contributed by atoms with E-state index in [0.717, 1.165) is 23.2 Å². The van der Waals surface area contributed by atoms with Crippen LogP contribution in [-0.2, 0) is 11.3 Å². The Morgan fingerprint density at radius 1 is 1.31 bits per heavy atom. The largest absolute Gasteiger partial charge is 0.356 e. The number of carbonyl (C=O) groups is 1. The summed E-state index contributed by atoms with van der Waals surface area (Å²) < 4.78 is 0. The van der Waals surface area contributed by atoms with Crippen molar-refractivity contribution in [2.45, 2.75) is 45.6 Å². The van der Waals surface area contributed by atoms with Gasteiger partial charge in [-0.15, -0.1) is 35.3 Å². The van der Waals surface area contributed by atoms with Crippen LogP contribution in [0.4, 0.5) is 0 Å². The lowest BCUT2D eigenvalue weighted by Crippen LogP contribution is -2.42. The van der Waals surface area contributed by atoms with Gasteiger partial charge in [0.2, 0.25) is 5.91 Å². The second-order valence-corrected chi connectivity index (χ2v) is 8.09. The van der Waals surface area contributed by atoms with Crippen molar-refractivity contribution in [3.05, 3.63) is 16.1 Å². The van der Waals surface area contributed by atoms with Gasteiger partial charge in [0, 0.05) is 33.1 Å². The predicted molar refractivity (Wildman–Crippen MR) is 119 cm³/mol. The number of aliphatic imine (C=N–C) groups is 1. The highest BCUT2D eigenvalue weighted by Gasteiger charge is 2.16. The average Bonchev–Trinajstić information content (AvgIpc) is 3.00. The maximum Gasteiger partial charge on any atom is 0.243 e. The van der Waals surface area contributed by atoms with Crippen LogP contribution in [-0.4, -0.2) is 60.9 Å². The second kappa shape index (κ2) is 11.7. The maximum absolute atomic E-state index is 11.9. The molecule has 6 nitrogen and oxygen atoms in total. The maximum atomic E-state index is 11.9. The molecule has 1 aromatic heterocycles. The average molecular weight is 493 g/mol. The number of nitrogens with zero attached hydrogens (tertiary/aromatic N) is 4. The first kappa shape index (κ1) is 23.1. The Kier molecular flexibility index (Phi) is 10.4. The van der Waals surface area contributed by atoms with Gasteiger partial charge in [0.1, 0.15) is 6.54 Å². The number of likely N-dealkylation sites (N-methyl/N-ethyl adjacent to an activating group) is 1. The van der Waals surface area contributed by atoms with Crippen molar-refractivity contribution < 1.29 is 4.79 Å². The molecule has 1 fully saturated rings. The van der Waals surface area contributed by atoms with E-state index in [2.05, 4.69) is 25.6 Å². The Labute approximate surface area is 178 Å². The number of thiazole rings is 1. The second-order valence-electron chi connectivity index (χ2n) is 7.03. The zero-order valence-corrected chi connectivity index (χ0v) is 19.5. The van der Waals surface area contributed by atoms with Gasteiger partial charge >= 0.3 is 0 Å². The Balaban J connectivity index is 0.00000338. The van der Waals surface area contributed by atoms with Crippen LogP contribution in [0.15, 0.2) is 10.4 Å². The van der Waals surface area contributed by atoms with E-state index in [9.17, 15) is 4.79 Å². The zero-order valence-electron chi connectivity index (χ0n) is 16.3. The Hall–Kier alpha value is -0.900. The predicted octanol–water partition coefficient (Wildman–Crippen LogP) is 3.12. The smallest absolute Gasteiger partial charge is 0.243 e. The van der Waals surface area contributed by atoms with Crippen LogP contribution in [0.1, 0.15) is 42.8 Å². The molecule has 8 heteroatoms. The SMILES string of the molecule is Cc1nc(CN(C)C(=NCC(=O)N(C)C)NCC2CCCCC2)cs1.I. The van der Waals surface area contributed by atoms with E-state index >= 15 is 0 Å². The van der Waals surface area contributed by atoms with E-state index in [0.29, 0.717) is 12.5 Å². The first-order valence-corrected chi connectivity index (χ1v) is 9.94. The summed E-state index contributed by atoms with van der Waals surface area (Å²) in [5, 5.41) is 6.64. The molecule has 0 unspecified atom stereocenters. The number of halogens is 1. The first-order valence-electron chi connectivity index (χ1n) is 9.06. The number of aromatic nitrogens is 1. The van der Waals surface area contributed by atoms with Crippen LogP contribution in [0.3, 0.4) is 0 Å². The topological polar surface area (TPSA) is 60.8 Å². The Morgan fingerprint density at radius 2 is 2.00 bits per heavy atom. The molecule has 0 aromatic carbocycles. The lowest BCUT2D eigenvalue weighted by molar-refractivity contribution is -0.127. The summed E-state index contributed by atoms with van der Waals surface area (Å²) in [5.41, 5.74) is 1.04.